The summed E-state index contributed by atoms with van der Waals surface area (Å²) in [7, 11) is 0. The lowest BCUT2D eigenvalue weighted by molar-refractivity contribution is 0.536. The minimum Gasteiger partial charge on any atom is -0.293 e. The Bertz CT molecular complexity index is 176. The molecule has 0 amide bonds. The van der Waals surface area contributed by atoms with E-state index >= 15 is 0 Å². The monoisotopic (exact) mass is 136 g/mol. The SMILES string of the molecule is CC1CCC(CC#N)=NC1. The Labute approximate surface area is 61.6 Å². The molecule has 0 fully saturated rings. The second-order valence-electron chi connectivity index (χ2n) is 2.89. The molecule has 1 aliphatic heterocycles. The van der Waals surface area contributed by atoms with Crippen LogP contribution in [-0.2, 0) is 0 Å². The van der Waals surface area contributed by atoms with Crippen molar-refractivity contribution in [2.75, 3.05) is 6.54 Å². The zero-order valence-corrected chi connectivity index (χ0v) is 6.30. The molecule has 1 heterocycles. The molecule has 0 saturated carbocycles. The molecule has 2 heteroatoms. The Kier molecular flexibility index (Phi) is 2.44. The van der Waals surface area contributed by atoms with Crippen LogP contribution in [-0.4, -0.2) is 12.3 Å². The van der Waals surface area contributed by atoms with Gasteiger partial charge in [-0.2, -0.15) is 5.26 Å². The molecule has 0 spiro atoms. The minimum absolute atomic E-state index is 0.534. The molecule has 1 rings (SSSR count). The Morgan fingerprint density at radius 3 is 3.10 bits per heavy atom. The van der Waals surface area contributed by atoms with E-state index in [0.717, 1.165) is 24.6 Å². The summed E-state index contributed by atoms with van der Waals surface area (Å²) < 4.78 is 0. The molecular formula is C8H12N2. The number of nitriles is 1. The number of hydrogen-bond donors (Lipinski definition) is 0. The Balaban J connectivity index is 2.42. The molecule has 0 aromatic heterocycles. The summed E-state index contributed by atoms with van der Waals surface area (Å²) in [4.78, 5) is 4.29. The third-order valence-corrected chi connectivity index (χ3v) is 1.84. The first kappa shape index (κ1) is 7.27. The summed E-state index contributed by atoms with van der Waals surface area (Å²) in [6.07, 6.45) is 2.78. The zero-order valence-electron chi connectivity index (χ0n) is 6.30. The molecule has 0 radical (unpaired) electrons. The van der Waals surface area contributed by atoms with Gasteiger partial charge in [0.15, 0.2) is 0 Å². The van der Waals surface area contributed by atoms with Gasteiger partial charge in [0.25, 0.3) is 0 Å². The van der Waals surface area contributed by atoms with Crippen LogP contribution in [0.4, 0.5) is 0 Å². The second-order valence-corrected chi connectivity index (χ2v) is 2.89. The number of nitrogens with zero attached hydrogens (tertiary/aromatic N) is 2. The van der Waals surface area contributed by atoms with Gasteiger partial charge < -0.3 is 0 Å². The number of aliphatic imine (C=N–C) groups is 1. The average molecular weight is 136 g/mol. The van der Waals surface area contributed by atoms with Crippen molar-refractivity contribution < 1.29 is 0 Å². The Morgan fingerprint density at radius 2 is 2.60 bits per heavy atom. The topological polar surface area (TPSA) is 36.1 Å². The van der Waals surface area contributed by atoms with Crippen LogP contribution in [0.1, 0.15) is 26.2 Å². The van der Waals surface area contributed by atoms with Gasteiger partial charge in [-0.15, -0.1) is 0 Å². The lowest BCUT2D eigenvalue weighted by atomic mass is 9.99. The van der Waals surface area contributed by atoms with E-state index in [9.17, 15) is 0 Å². The lowest BCUT2D eigenvalue weighted by Crippen LogP contribution is -2.12. The van der Waals surface area contributed by atoms with Crippen molar-refractivity contribution in [2.24, 2.45) is 10.9 Å². The fraction of sp³-hybridized carbons (Fsp3) is 0.750. The van der Waals surface area contributed by atoms with Crippen LogP contribution < -0.4 is 0 Å². The molecule has 1 aliphatic rings. The van der Waals surface area contributed by atoms with Crippen LogP contribution in [0.3, 0.4) is 0 Å². The van der Waals surface area contributed by atoms with Crippen LogP contribution in [0.5, 0.6) is 0 Å². The molecule has 0 saturated heterocycles. The van der Waals surface area contributed by atoms with E-state index in [2.05, 4.69) is 18.0 Å². The predicted octanol–water partition coefficient (Wildman–Crippen LogP) is 1.77. The van der Waals surface area contributed by atoms with Gasteiger partial charge >= 0.3 is 0 Å². The van der Waals surface area contributed by atoms with Crippen molar-refractivity contribution in [2.45, 2.75) is 26.2 Å². The van der Waals surface area contributed by atoms with Gasteiger partial charge in [-0.1, -0.05) is 6.92 Å². The molecule has 0 bridgehead atoms. The van der Waals surface area contributed by atoms with E-state index in [4.69, 9.17) is 5.26 Å². The zero-order chi connectivity index (χ0) is 7.40. The van der Waals surface area contributed by atoms with Gasteiger partial charge in [0.1, 0.15) is 0 Å². The fourth-order valence-corrected chi connectivity index (χ4v) is 1.10. The molecule has 1 unspecified atom stereocenters. The summed E-state index contributed by atoms with van der Waals surface area (Å²) in [5, 5.41) is 8.35. The quantitative estimate of drug-likeness (QED) is 0.541. The summed E-state index contributed by atoms with van der Waals surface area (Å²) >= 11 is 0. The van der Waals surface area contributed by atoms with E-state index in [1.54, 1.807) is 0 Å². The third-order valence-electron chi connectivity index (χ3n) is 1.84. The summed E-state index contributed by atoms with van der Waals surface area (Å²) in [5.41, 5.74) is 1.10. The van der Waals surface area contributed by atoms with Gasteiger partial charge in [-0.05, 0) is 18.8 Å². The van der Waals surface area contributed by atoms with Crippen molar-refractivity contribution in [3.05, 3.63) is 0 Å². The summed E-state index contributed by atoms with van der Waals surface area (Å²) in [5.74, 6) is 0.724. The van der Waals surface area contributed by atoms with Gasteiger partial charge in [-0.3, -0.25) is 4.99 Å². The van der Waals surface area contributed by atoms with Crippen LogP contribution in [0.15, 0.2) is 4.99 Å². The highest BCUT2D eigenvalue weighted by Gasteiger charge is 2.09. The highest BCUT2D eigenvalue weighted by molar-refractivity contribution is 5.86. The molecular weight excluding hydrogens is 124 g/mol. The fourth-order valence-electron chi connectivity index (χ4n) is 1.10. The van der Waals surface area contributed by atoms with Crippen molar-refractivity contribution in [3.8, 4) is 6.07 Å². The smallest absolute Gasteiger partial charge is 0.0731 e. The highest BCUT2D eigenvalue weighted by Crippen LogP contribution is 2.13. The predicted molar refractivity (Wildman–Crippen MR) is 40.9 cm³/mol. The number of rotatable bonds is 1. The molecule has 2 nitrogen and oxygen atoms in total. The van der Waals surface area contributed by atoms with E-state index in [-0.39, 0.29) is 0 Å². The number of hydrogen-bond acceptors (Lipinski definition) is 2. The molecule has 0 aromatic carbocycles. The van der Waals surface area contributed by atoms with Crippen molar-refractivity contribution in [1.82, 2.24) is 0 Å². The van der Waals surface area contributed by atoms with E-state index in [1.165, 1.54) is 6.42 Å². The van der Waals surface area contributed by atoms with Gasteiger partial charge in [0, 0.05) is 12.3 Å². The molecule has 0 aromatic rings. The third kappa shape index (κ3) is 1.84. The first-order valence-electron chi connectivity index (χ1n) is 3.72. The maximum absolute atomic E-state index is 8.35. The van der Waals surface area contributed by atoms with Gasteiger partial charge in [-0.25, -0.2) is 0 Å². The van der Waals surface area contributed by atoms with Gasteiger partial charge in [0.05, 0.1) is 12.5 Å². The molecule has 10 heavy (non-hydrogen) atoms. The van der Waals surface area contributed by atoms with Crippen LogP contribution in [0.2, 0.25) is 0 Å². The maximum atomic E-state index is 8.35. The highest BCUT2D eigenvalue weighted by atomic mass is 14.8. The van der Waals surface area contributed by atoms with E-state index in [1.807, 2.05) is 0 Å². The van der Waals surface area contributed by atoms with Crippen molar-refractivity contribution >= 4 is 5.71 Å². The maximum Gasteiger partial charge on any atom is 0.0731 e. The molecule has 1 atom stereocenters. The molecule has 0 aliphatic carbocycles. The Morgan fingerprint density at radius 1 is 1.80 bits per heavy atom. The van der Waals surface area contributed by atoms with Crippen molar-refractivity contribution in [3.63, 3.8) is 0 Å². The van der Waals surface area contributed by atoms with Crippen molar-refractivity contribution in [1.29, 1.82) is 5.26 Å². The first-order valence-corrected chi connectivity index (χ1v) is 3.72. The minimum atomic E-state index is 0.534. The standard InChI is InChI=1S/C8H12N2/c1-7-2-3-8(4-5-9)10-6-7/h7H,2-4,6H2,1H3. The van der Waals surface area contributed by atoms with Crippen LogP contribution in [0.25, 0.3) is 0 Å². The van der Waals surface area contributed by atoms with Crippen LogP contribution >= 0.6 is 0 Å². The lowest BCUT2D eigenvalue weighted by Gasteiger charge is -2.15. The normalized spacial score (nSPS) is 25.2. The molecule has 54 valence electrons. The van der Waals surface area contributed by atoms with Crippen LogP contribution in [0, 0.1) is 17.2 Å². The average Bonchev–Trinajstić information content (AvgIpc) is 1.95. The second kappa shape index (κ2) is 3.36. The van der Waals surface area contributed by atoms with Gasteiger partial charge in [0.2, 0.25) is 0 Å². The van der Waals surface area contributed by atoms with E-state index < -0.39 is 0 Å². The summed E-state index contributed by atoms with van der Waals surface area (Å²) in [6.45, 7) is 3.13. The Hall–Kier alpha value is -0.840. The largest absolute Gasteiger partial charge is 0.293 e. The summed E-state index contributed by atoms with van der Waals surface area (Å²) in [6, 6.07) is 2.12. The first-order chi connectivity index (χ1) is 4.83. The molecule has 0 N–H and O–H groups in total. The van der Waals surface area contributed by atoms with E-state index in [0.29, 0.717) is 6.42 Å².